The minimum Gasteiger partial charge on any atom is -0.310 e. The van der Waals surface area contributed by atoms with Crippen LogP contribution < -0.4 is 5.32 Å². The first-order valence-corrected chi connectivity index (χ1v) is 7.36. The van der Waals surface area contributed by atoms with E-state index in [-0.39, 0.29) is 12.8 Å². The maximum atomic E-state index is 13.3. The highest BCUT2D eigenvalue weighted by Crippen LogP contribution is 2.43. The topological polar surface area (TPSA) is 12.0 Å². The van der Waals surface area contributed by atoms with E-state index in [1.807, 2.05) is 6.07 Å². The Morgan fingerprint density at radius 3 is 2.32 bits per heavy atom. The Bertz CT molecular complexity index is 428. The molecule has 0 spiro atoms. The van der Waals surface area contributed by atoms with Gasteiger partial charge in [0.1, 0.15) is 0 Å². The van der Waals surface area contributed by atoms with E-state index in [1.54, 1.807) is 0 Å². The van der Waals surface area contributed by atoms with Crippen LogP contribution >= 0.6 is 0 Å². The summed E-state index contributed by atoms with van der Waals surface area (Å²) in [5, 5.41) is 3.52. The first kappa shape index (κ1) is 13.0. The largest absolute Gasteiger partial charge is 0.310 e. The lowest BCUT2D eigenvalue weighted by atomic mass is 9.79. The second-order valence-corrected chi connectivity index (χ2v) is 5.91. The van der Waals surface area contributed by atoms with Gasteiger partial charge >= 0.3 is 0 Å². The van der Waals surface area contributed by atoms with Crippen LogP contribution in [-0.2, 0) is 0 Å². The Labute approximate surface area is 113 Å². The summed E-state index contributed by atoms with van der Waals surface area (Å²) in [5.41, 5.74) is 2.65. The molecule has 2 aliphatic rings. The zero-order chi connectivity index (χ0) is 13.3. The summed E-state index contributed by atoms with van der Waals surface area (Å²) < 4.78 is 26.6. The van der Waals surface area contributed by atoms with Gasteiger partial charge in [0.15, 0.2) is 0 Å². The molecule has 0 bridgehead atoms. The van der Waals surface area contributed by atoms with Crippen LogP contribution in [0.25, 0.3) is 0 Å². The lowest BCUT2D eigenvalue weighted by molar-refractivity contribution is -0.0382. The molecule has 1 N–H and O–H groups in total. The van der Waals surface area contributed by atoms with Crippen molar-refractivity contribution in [3.8, 4) is 0 Å². The summed E-state index contributed by atoms with van der Waals surface area (Å²) in [6.45, 7) is 1.07. The van der Waals surface area contributed by atoms with Gasteiger partial charge in [0.05, 0.1) is 0 Å². The lowest BCUT2D eigenvalue weighted by Gasteiger charge is -2.30. The molecule has 1 aliphatic heterocycles. The van der Waals surface area contributed by atoms with Crippen molar-refractivity contribution >= 4 is 0 Å². The minimum absolute atomic E-state index is 0.0457. The van der Waals surface area contributed by atoms with Crippen molar-refractivity contribution in [1.82, 2.24) is 5.32 Å². The van der Waals surface area contributed by atoms with Crippen LogP contribution in [0.4, 0.5) is 8.78 Å². The van der Waals surface area contributed by atoms with Crippen LogP contribution in [0.2, 0.25) is 0 Å². The zero-order valence-electron chi connectivity index (χ0n) is 11.2. The molecule has 104 valence electrons. The summed E-state index contributed by atoms with van der Waals surface area (Å²) in [5.74, 6) is -2.12. The summed E-state index contributed by atoms with van der Waals surface area (Å²) in [4.78, 5) is 0. The van der Waals surface area contributed by atoms with Gasteiger partial charge in [-0.05, 0) is 49.3 Å². The highest BCUT2D eigenvalue weighted by atomic mass is 19.3. The van der Waals surface area contributed by atoms with Gasteiger partial charge < -0.3 is 5.32 Å². The molecular formula is C16H21F2N. The number of hydrogen-bond donors (Lipinski definition) is 1. The number of hydrogen-bond acceptors (Lipinski definition) is 1. The summed E-state index contributed by atoms with van der Waals surface area (Å²) >= 11 is 0. The first-order valence-electron chi connectivity index (χ1n) is 7.36. The third-order valence-electron chi connectivity index (χ3n) is 4.59. The van der Waals surface area contributed by atoms with Gasteiger partial charge in [-0.25, -0.2) is 8.78 Å². The van der Waals surface area contributed by atoms with E-state index in [4.69, 9.17) is 0 Å². The third-order valence-corrected chi connectivity index (χ3v) is 4.59. The molecule has 0 radical (unpaired) electrons. The van der Waals surface area contributed by atoms with Gasteiger partial charge in [0.25, 0.3) is 0 Å². The number of halogens is 2. The Balaban J connectivity index is 1.80. The maximum absolute atomic E-state index is 13.3. The van der Waals surface area contributed by atoms with Crippen LogP contribution in [0.5, 0.6) is 0 Å². The fourth-order valence-electron chi connectivity index (χ4n) is 3.50. The Morgan fingerprint density at radius 2 is 1.68 bits per heavy atom. The summed E-state index contributed by atoms with van der Waals surface area (Å²) in [6.07, 6.45) is 3.71. The molecule has 3 rings (SSSR count). The Hall–Kier alpha value is -0.960. The molecule has 1 saturated carbocycles. The molecule has 19 heavy (non-hydrogen) atoms. The molecule has 2 fully saturated rings. The first-order chi connectivity index (χ1) is 9.16. The van der Waals surface area contributed by atoms with Crippen molar-refractivity contribution < 1.29 is 8.78 Å². The van der Waals surface area contributed by atoms with Gasteiger partial charge in [-0.15, -0.1) is 0 Å². The molecular weight excluding hydrogens is 244 g/mol. The van der Waals surface area contributed by atoms with Crippen LogP contribution in [0, 0.1) is 0 Å². The normalized spacial score (nSPS) is 27.6. The monoisotopic (exact) mass is 265 g/mol. The van der Waals surface area contributed by atoms with Crippen molar-refractivity contribution in [3.63, 3.8) is 0 Å². The Kier molecular flexibility index (Phi) is 3.57. The highest BCUT2D eigenvalue weighted by Gasteiger charge is 2.36. The smallest absolute Gasteiger partial charge is 0.248 e. The predicted molar refractivity (Wildman–Crippen MR) is 72.6 cm³/mol. The molecule has 1 aliphatic carbocycles. The average molecular weight is 265 g/mol. The maximum Gasteiger partial charge on any atom is 0.248 e. The molecule has 1 aromatic rings. The molecule has 1 aromatic carbocycles. The van der Waals surface area contributed by atoms with E-state index in [2.05, 4.69) is 23.5 Å². The van der Waals surface area contributed by atoms with Gasteiger partial charge in [-0.2, -0.15) is 0 Å². The molecule has 1 atom stereocenters. The quantitative estimate of drug-likeness (QED) is 0.835. The van der Waals surface area contributed by atoms with Gasteiger partial charge in [0, 0.05) is 18.9 Å². The van der Waals surface area contributed by atoms with Gasteiger partial charge in [0.2, 0.25) is 5.92 Å². The molecule has 0 unspecified atom stereocenters. The van der Waals surface area contributed by atoms with Crippen LogP contribution in [-0.4, -0.2) is 12.5 Å². The van der Waals surface area contributed by atoms with E-state index in [0.717, 1.165) is 6.54 Å². The average Bonchev–Trinajstić information content (AvgIpc) is 2.93. The number of benzene rings is 1. The number of nitrogens with one attached hydrogen (secondary N) is 1. The molecule has 1 nitrogen and oxygen atoms in total. The van der Waals surface area contributed by atoms with E-state index < -0.39 is 5.92 Å². The van der Waals surface area contributed by atoms with Gasteiger partial charge in [-0.1, -0.05) is 24.3 Å². The van der Waals surface area contributed by atoms with Crippen molar-refractivity contribution in [1.29, 1.82) is 0 Å². The zero-order valence-corrected chi connectivity index (χ0v) is 11.2. The van der Waals surface area contributed by atoms with E-state index in [9.17, 15) is 8.78 Å². The van der Waals surface area contributed by atoms with Crippen LogP contribution in [0.15, 0.2) is 24.3 Å². The number of alkyl halides is 2. The van der Waals surface area contributed by atoms with Crippen molar-refractivity contribution in [2.24, 2.45) is 0 Å². The molecule has 3 heteroatoms. The summed E-state index contributed by atoms with van der Waals surface area (Å²) in [6, 6.07) is 8.85. The SMILES string of the molecule is FC1(F)CCC(c2ccccc2[C@H]2CCCN2)CC1. The second kappa shape index (κ2) is 5.20. The van der Waals surface area contributed by atoms with Crippen LogP contribution in [0.3, 0.4) is 0 Å². The minimum atomic E-state index is -2.43. The fraction of sp³-hybridized carbons (Fsp3) is 0.625. The third kappa shape index (κ3) is 2.81. The second-order valence-electron chi connectivity index (χ2n) is 5.91. The van der Waals surface area contributed by atoms with Crippen molar-refractivity contribution in [2.45, 2.75) is 56.4 Å². The lowest BCUT2D eigenvalue weighted by Crippen LogP contribution is -2.25. The summed E-state index contributed by atoms with van der Waals surface area (Å²) in [7, 11) is 0. The molecule has 1 heterocycles. The van der Waals surface area contributed by atoms with E-state index in [0.29, 0.717) is 24.8 Å². The molecule has 1 saturated heterocycles. The fourth-order valence-corrected chi connectivity index (χ4v) is 3.50. The van der Waals surface area contributed by atoms with Crippen molar-refractivity contribution in [2.75, 3.05) is 6.54 Å². The van der Waals surface area contributed by atoms with Crippen LogP contribution in [0.1, 0.15) is 61.6 Å². The predicted octanol–water partition coefficient (Wildman–Crippen LogP) is 4.40. The molecule has 0 aromatic heterocycles. The number of rotatable bonds is 2. The van der Waals surface area contributed by atoms with Gasteiger partial charge in [-0.3, -0.25) is 0 Å². The van der Waals surface area contributed by atoms with Crippen molar-refractivity contribution in [3.05, 3.63) is 35.4 Å². The Morgan fingerprint density at radius 1 is 1.00 bits per heavy atom. The molecule has 0 amide bonds. The van der Waals surface area contributed by atoms with E-state index >= 15 is 0 Å². The highest BCUT2D eigenvalue weighted by molar-refractivity contribution is 5.34. The van der Waals surface area contributed by atoms with E-state index in [1.165, 1.54) is 24.0 Å². The standard InChI is InChI=1S/C16H21F2N/c17-16(18)9-7-12(8-10-16)13-4-1-2-5-14(13)15-6-3-11-19-15/h1-2,4-5,12,15,19H,3,6-11H2/t15-/m1/s1.